The molecule has 0 aliphatic rings. The summed E-state index contributed by atoms with van der Waals surface area (Å²) in [5.74, 6) is 0.660. The molecule has 0 spiro atoms. The number of rotatable bonds is 2. The van der Waals surface area contributed by atoms with Crippen LogP contribution in [0.2, 0.25) is 0 Å². The van der Waals surface area contributed by atoms with E-state index in [2.05, 4.69) is 73.2 Å². The molecule has 0 amide bonds. The quantitative estimate of drug-likeness (QED) is 0.744. The Bertz CT molecular complexity index is 813. The number of hydrogen-bond donors (Lipinski definition) is 1. The van der Waals surface area contributed by atoms with Gasteiger partial charge in [-0.25, -0.2) is 9.97 Å². The number of nitrogen functional groups attached to an aromatic ring is 1. The lowest BCUT2D eigenvalue weighted by molar-refractivity contribution is 0.819. The first-order chi connectivity index (χ1) is 10.1. The van der Waals surface area contributed by atoms with Crippen LogP contribution in [0.4, 0.5) is 5.95 Å². The van der Waals surface area contributed by atoms with E-state index in [1.165, 1.54) is 16.3 Å². The molecular formula is C18H20ClN3. The minimum atomic E-state index is 0. The first-order valence-electron chi connectivity index (χ1n) is 7.19. The Morgan fingerprint density at radius 1 is 1.00 bits per heavy atom. The van der Waals surface area contributed by atoms with Gasteiger partial charge >= 0.3 is 0 Å². The van der Waals surface area contributed by atoms with E-state index in [9.17, 15) is 0 Å². The first kappa shape index (κ1) is 16.2. The van der Waals surface area contributed by atoms with Crippen molar-refractivity contribution in [3.63, 3.8) is 0 Å². The molecule has 0 bridgehead atoms. The topological polar surface area (TPSA) is 51.8 Å². The van der Waals surface area contributed by atoms with Crippen LogP contribution in [-0.4, -0.2) is 9.97 Å². The molecule has 3 aromatic rings. The van der Waals surface area contributed by atoms with E-state index in [-0.39, 0.29) is 12.4 Å². The Hall–Kier alpha value is -2.13. The van der Waals surface area contributed by atoms with Gasteiger partial charge in [0.25, 0.3) is 0 Å². The highest BCUT2D eigenvalue weighted by molar-refractivity contribution is 5.97. The monoisotopic (exact) mass is 313 g/mol. The average Bonchev–Trinajstić information content (AvgIpc) is 2.46. The minimum Gasteiger partial charge on any atom is -0.368 e. The number of halogens is 1. The zero-order valence-corrected chi connectivity index (χ0v) is 13.8. The summed E-state index contributed by atoms with van der Waals surface area (Å²) in [6.07, 6.45) is 0. The van der Waals surface area contributed by atoms with Crippen molar-refractivity contribution in [3.05, 3.63) is 53.7 Å². The van der Waals surface area contributed by atoms with E-state index in [4.69, 9.17) is 5.73 Å². The zero-order chi connectivity index (χ0) is 15.0. The van der Waals surface area contributed by atoms with Crippen LogP contribution in [0.1, 0.15) is 31.0 Å². The smallest absolute Gasteiger partial charge is 0.220 e. The van der Waals surface area contributed by atoms with E-state index in [0.29, 0.717) is 11.9 Å². The molecule has 0 saturated heterocycles. The van der Waals surface area contributed by atoms with Gasteiger partial charge in [-0.1, -0.05) is 50.2 Å². The van der Waals surface area contributed by atoms with E-state index >= 15 is 0 Å². The Balaban J connectivity index is 0.00000176. The van der Waals surface area contributed by atoms with Gasteiger partial charge in [-0.2, -0.15) is 0 Å². The molecule has 114 valence electrons. The summed E-state index contributed by atoms with van der Waals surface area (Å²) < 4.78 is 0. The number of aryl methyl sites for hydroxylation is 1. The van der Waals surface area contributed by atoms with Gasteiger partial charge in [0.15, 0.2) is 0 Å². The highest BCUT2D eigenvalue weighted by Gasteiger charge is 2.12. The fourth-order valence-electron chi connectivity index (χ4n) is 2.63. The molecule has 3 rings (SSSR count). The molecule has 0 saturated carbocycles. The van der Waals surface area contributed by atoms with Gasteiger partial charge in [0, 0.05) is 11.3 Å². The van der Waals surface area contributed by atoms with Gasteiger partial charge in [0.2, 0.25) is 5.95 Å². The number of nitrogens with two attached hydrogens (primary N) is 1. The van der Waals surface area contributed by atoms with Crippen LogP contribution in [0.5, 0.6) is 0 Å². The third-order valence-electron chi connectivity index (χ3n) is 3.75. The summed E-state index contributed by atoms with van der Waals surface area (Å²) >= 11 is 0. The lowest BCUT2D eigenvalue weighted by Crippen LogP contribution is -2.03. The molecule has 4 heteroatoms. The Labute approximate surface area is 137 Å². The van der Waals surface area contributed by atoms with Crippen molar-refractivity contribution in [2.75, 3.05) is 5.73 Å². The van der Waals surface area contributed by atoms with Crippen molar-refractivity contribution in [2.24, 2.45) is 0 Å². The summed E-state index contributed by atoms with van der Waals surface area (Å²) in [5, 5.41) is 2.41. The Morgan fingerprint density at radius 3 is 2.45 bits per heavy atom. The summed E-state index contributed by atoms with van der Waals surface area (Å²) in [5.41, 5.74) is 10.1. The van der Waals surface area contributed by atoms with Crippen LogP contribution in [0.15, 0.2) is 42.5 Å². The van der Waals surface area contributed by atoms with Gasteiger partial charge in [-0.15, -0.1) is 12.4 Å². The maximum Gasteiger partial charge on any atom is 0.220 e. The van der Waals surface area contributed by atoms with Crippen LogP contribution in [0.25, 0.3) is 22.0 Å². The van der Waals surface area contributed by atoms with Gasteiger partial charge in [0.05, 0.1) is 5.69 Å². The second kappa shape index (κ2) is 6.32. The van der Waals surface area contributed by atoms with Crippen molar-refractivity contribution in [1.82, 2.24) is 9.97 Å². The molecule has 0 unspecified atom stereocenters. The standard InChI is InChI=1S/C18H19N3.ClH/c1-11(2)15-10-16(21-18(19)20-15)17-12(3)8-9-13-6-4-5-7-14(13)17;/h4-11H,1-3H3,(H2,19,20,21);1H. The lowest BCUT2D eigenvalue weighted by atomic mass is 9.96. The minimum absolute atomic E-state index is 0. The van der Waals surface area contributed by atoms with Crippen LogP contribution in [-0.2, 0) is 0 Å². The summed E-state index contributed by atoms with van der Waals surface area (Å²) in [7, 11) is 0. The fourth-order valence-corrected chi connectivity index (χ4v) is 2.63. The molecule has 2 aromatic carbocycles. The summed E-state index contributed by atoms with van der Waals surface area (Å²) in [6.45, 7) is 6.33. The molecule has 0 radical (unpaired) electrons. The summed E-state index contributed by atoms with van der Waals surface area (Å²) in [4.78, 5) is 8.80. The number of benzene rings is 2. The maximum atomic E-state index is 5.91. The molecular weight excluding hydrogens is 294 g/mol. The predicted octanol–water partition coefficient (Wildman–Crippen LogP) is 4.73. The molecule has 1 heterocycles. The first-order valence-corrected chi connectivity index (χ1v) is 7.19. The molecule has 0 atom stereocenters. The van der Waals surface area contributed by atoms with E-state index in [1.807, 2.05) is 0 Å². The SMILES string of the molecule is Cc1ccc2ccccc2c1-c1cc(C(C)C)nc(N)n1.Cl. The molecule has 0 fully saturated rings. The van der Waals surface area contributed by atoms with Gasteiger partial charge in [0.1, 0.15) is 0 Å². The maximum absolute atomic E-state index is 5.91. The van der Waals surface area contributed by atoms with Crippen molar-refractivity contribution >= 4 is 29.1 Å². The lowest BCUT2D eigenvalue weighted by Gasteiger charge is -2.13. The number of hydrogen-bond acceptors (Lipinski definition) is 3. The Kier molecular flexibility index (Phi) is 4.67. The fraction of sp³-hybridized carbons (Fsp3) is 0.222. The van der Waals surface area contributed by atoms with Crippen LogP contribution in [0, 0.1) is 6.92 Å². The van der Waals surface area contributed by atoms with Crippen molar-refractivity contribution in [2.45, 2.75) is 26.7 Å². The van der Waals surface area contributed by atoms with Crippen molar-refractivity contribution in [1.29, 1.82) is 0 Å². The second-order valence-electron chi connectivity index (χ2n) is 5.67. The van der Waals surface area contributed by atoms with Gasteiger partial charge in [-0.3, -0.25) is 0 Å². The average molecular weight is 314 g/mol. The van der Waals surface area contributed by atoms with Gasteiger partial charge < -0.3 is 5.73 Å². The number of anilines is 1. The molecule has 22 heavy (non-hydrogen) atoms. The normalized spacial score (nSPS) is 10.7. The Morgan fingerprint density at radius 2 is 1.73 bits per heavy atom. The highest BCUT2D eigenvalue weighted by atomic mass is 35.5. The third-order valence-corrected chi connectivity index (χ3v) is 3.75. The van der Waals surface area contributed by atoms with Crippen LogP contribution in [0.3, 0.4) is 0 Å². The molecule has 1 aromatic heterocycles. The number of fused-ring (bicyclic) bond motifs is 1. The largest absolute Gasteiger partial charge is 0.368 e. The highest BCUT2D eigenvalue weighted by Crippen LogP contribution is 2.32. The number of aromatic nitrogens is 2. The molecule has 0 aliphatic heterocycles. The number of nitrogens with zero attached hydrogens (tertiary/aromatic N) is 2. The van der Waals surface area contributed by atoms with E-state index in [0.717, 1.165) is 17.0 Å². The van der Waals surface area contributed by atoms with E-state index in [1.54, 1.807) is 0 Å². The molecule has 0 aliphatic carbocycles. The molecule has 3 nitrogen and oxygen atoms in total. The summed E-state index contributed by atoms with van der Waals surface area (Å²) in [6, 6.07) is 14.7. The van der Waals surface area contributed by atoms with E-state index < -0.39 is 0 Å². The third kappa shape index (κ3) is 2.90. The zero-order valence-electron chi connectivity index (χ0n) is 13.0. The predicted molar refractivity (Wildman–Crippen MR) is 95.5 cm³/mol. The second-order valence-corrected chi connectivity index (χ2v) is 5.67. The van der Waals surface area contributed by atoms with Crippen LogP contribution >= 0.6 is 12.4 Å². The van der Waals surface area contributed by atoms with Gasteiger partial charge in [-0.05, 0) is 35.2 Å². The molecule has 2 N–H and O–H groups in total. The van der Waals surface area contributed by atoms with Crippen LogP contribution < -0.4 is 5.73 Å². The van der Waals surface area contributed by atoms with Crippen molar-refractivity contribution in [3.8, 4) is 11.3 Å². The van der Waals surface area contributed by atoms with Crippen molar-refractivity contribution < 1.29 is 0 Å².